The molecule has 0 aliphatic rings. The van der Waals surface area contributed by atoms with Crippen LogP contribution in [0.4, 0.5) is 0 Å². The number of carbonyl (C=O) groups is 6. The largest absolute Gasteiger partial charge is 3.00 e. The van der Waals surface area contributed by atoms with Gasteiger partial charge in [0.1, 0.15) is 0 Å². The first kappa shape index (κ1) is 83.4. The molecule has 3 rings (SSSR count). The maximum absolute atomic E-state index is 9.91. The van der Waals surface area contributed by atoms with Gasteiger partial charge in [-0.15, -0.1) is 0 Å². The van der Waals surface area contributed by atoms with Gasteiger partial charge in [-0.1, -0.05) is 149 Å². The van der Waals surface area contributed by atoms with E-state index in [9.17, 15) is 59.4 Å². The van der Waals surface area contributed by atoms with Crippen molar-refractivity contribution in [2.24, 2.45) is 32.5 Å². The number of pyridine rings is 2. The zero-order valence-corrected chi connectivity index (χ0v) is 43.8. The second kappa shape index (κ2) is 37.1. The zero-order valence-electron chi connectivity index (χ0n) is 40.4. The van der Waals surface area contributed by atoms with Crippen LogP contribution in [0.3, 0.4) is 0 Å². The Kier molecular flexibility index (Phi) is 48.3. The molecule has 1 aromatic carbocycles. The summed E-state index contributed by atoms with van der Waals surface area (Å²) < 4.78 is 0. The van der Waals surface area contributed by atoms with Crippen LogP contribution in [0, 0.1) is 43.8 Å². The van der Waals surface area contributed by atoms with E-state index in [4.69, 9.17) is 5.26 Å². The summed E-state index contributed by atoms with van der Waals surface area (Å²) in [5.41, 5.74) is -2.21. The molecular weight excluding hydrogens is 961 g/mol. The Bertz CT molecular complexity index is 1590. The van der Waals surface area contributed by atoms with Crippen LogP contribution in [0.5, 0.6) is 0 Å². The van der Waals surface area contributed by atoms with Crippen molar-refractivity contribution >= 4 is 57.6 Å². The van der Waals surface area contributed by atoms with E-state index < -0.39 is 68.3 Å². The number of benzene rings is 1. The zero-order chi connectivity index (χ0) is 48.6. The van der Waals surface area contributed by atoms with Crippen molar-refractivity contribution in [2.75, 3.05) is 0 Å². The van der Waals surface area contributed by atoms with E-state index in [0.29, 0.717) is 0 Å². The normalized spacial score (nSPS) is 9.91. The van der Waals surface area contributed by atoms with Gasteiger partial charge in [-0.25, -0.2) is 0 Å². The van der Waals surface area contributed by atoms with E-state index in [1.807, 2.05) is 12.1 Å². The van der Waals surface area contributed by atoms with Crippen LogP contribution in [-0.4, -0.2) is 45.8 Å². The molecule has 0 aliphatic heterocycles. The fourth-order valence-electron chi connectivity index (χ4n) is 1.68. The summed E-state index contributed by atoms with van der Waals surface area (Å²) in [6, 6.07) is 13.9. The Morgan fingerprint density at radius 2 is 0.562 bits per heavy atom. The summed E-state index contributed by atoms with van der Waals surface area (Å²) >= 11 is 0. The molecule has 64 heavy (non-hydrogen) atoms. The third-order valence-electron chi connectivity index (χ3n) is 6.02. The van der Waals surface area contributed by atoms with Crippen molar-refractivity contribution in [3.8, 4) is 6.07 Å². The molecule has 0 saturated carbocycles. The SMILES string of the molecule is CC#N.CC(C)(C)C(=O)[O-].CC(C)(C)C(=O)[O-].CC(C)(C)C(=O)[O-].CC(C)(C)C(=O)[O-].CC(C)(C)C(=O)[O-].CC(C)(C)C(=O)[O-].[Fe+3].[Fe+3].[Mn+2].[O-2].[OH3+].c1cnc2c(c1)ccc1cccnc12. The first-order valence-corrected chi connectivity index (χ1v) is 18.2. The molecule has 0 fully saturated rings. The fraction of sp³-hybridized carbons (Fsp3) is 0.568. The summed E-state index contributed by atoms with van der Waals surface area (Å²) in [7, 11) is 0. The van der Waals surface area contributed by atoms with E-state index in [2.05, 4.69) is 34.2 Å². The molecule has 20 heteroatoms. The molecule has 0 spiro atoms. The van der Waals surface area contributed by atoms with Crippen molar-refractivity contribution in [2.45, 2.75) is 132 Å². The third kappa shape index (κ3) is 47.3. The number of nitriles is 1. The first-order chi connectivity index (χ1) is 26.0. The number of fused-ring (bicyclic) bond motifs is 3. The monoisotopic (exact) mass is 1030 g/mol. The number of rotatable bonds is 0. The van der Waals surface area contributed by atoms with Gasteiger partial charge in [0.25, 0.3) is 0 Å². The second-order valence-electron chi connectivity index (χ2n) is 18.7. The Balaban J connectivity index is -0.0000000664. The van der Waals surface area contributed by atoms with Crippen molar-refractivity contribution in [1.29, 1.82) is 5.26 Å². The maximum Gasteiger partial charge on any atom is 3.00 e. The predicted molar refractivity (Wildman–Crippen MR) is 221 cm³/mol. The smallest absolute Gasteiger partial charge is 2.00 e. The van der Waals surface area contributed by atoms with Gasteiger partial charge in [0, 0.05) is 98.4 Å². The molecule has 0 saturated heterocycles. The molecule has 3 aromatic rings. The van der Waals surface area contributed by atoms with Crippen LogP contribution in [-0.2, 0) is 90.9 Å². The van der Waals surface area contributed by atoms with Gasteiger partial charge in [0.05, 0.1) is 17.1 Å². The van der Waals surface area contributed by atoms with Gasteiger partial charge < -0.3 is 70.4 Å². The molecule has 0 amide bonds. The summed E-state index contributed by atoms with van der Waals surface area (Å²) in [5.74, 6) is -6.04. The van der Waals surface area contributed by atoms with Gasteiger partial charge in [-0.2, -0.15) is 5.26 Å². The number of carboxylic acid groups (broad SMARTS) is 6. The van der Waals surface area contributed by atoms with Crippen molar-refractivity contribution < 1.29 is 122 Å². The van der Waals surface area contributed by atoms with Crippen LogP contribution >= 0.6 is 0 Å². The van der Waals surface area contributed by atoms with Gasteiger partial charge in [-0.3, -0.25) is 9.97 Å². The number of carboxylic acids is 6. The summed E-state index contributed by atoms with van der Waals surface area (Å²) in [6.07, 6.45) is 3.60. The Labute approximate surface area is 411 Å². The molecule has 0 unspecified atom stereocenters. The fourth-order valence-corrected chi connectivity index (χ4v) is 1.68. The molecule has 2 aromatic heterocycles. The standard InChI is InChI=1S/C12H8N2.6C5H10O2.C2H3N.2Fe.Mn.H2O.O/c1-3-9-5-6-10-4-2-8-14-12(10)11(9)13-7-1;6*1-5(2,3)4(6)7;1-2-3;;;;;/h1-8H;6*1-3H3,(H,6,7);1H3;;;;1H2;/q;;;;;;;;2*+3;+2;;-2/p-5. The van der Waals surface area contributed by atoms with Crippen LogP contribution in [0.2, 0.25) is 0 Å². The van der Waals surface area contributed by atoms with Gasteiger partial charge in [0.15, 0.2) is 0 Å². The number of aromatic nitrogens is 2. The Hall–Kier alpha value is -4.17. The van der Waals surface area contributed by atoms with E-state index in [1.54, 1.807) is 143 Å². The van der Waals surface area contributed by atoms with Crippen LogP contribution in [0.25, 0.3) is 21.8 Å². The average molecular weight is 1030 g/mol. The van der Waals surface area contributed by atoms with Crippen LogP contribution in [0.15, 0.2) is 48.8 Å². The molecule has 0 bridgehead atoms. The Morgan fingerprint density at radius 3 is 0.672 bits per heavy atom. The Morgan fingerprint density at radius 1 is 0.438 bits per heavy atom. The molecule has 3 radical (unpaired) electrons. The summed E-state index contributed by atoms with van der Waals surface area (Å²) in [6.45, 7) is 30.2. The maximum atomic E-state index is 9.91. The number of hydrogen-bond acceptors (Lipinski definition) is 15. The van der Waals surface area contributed by atoms with E-state index in [1.165, 1.54) is 6.92 Å². The number of nitrogens with zero attached hydrogens (tertiary/aromatic N) is 3. The van der Waals surface area contributed by atoms with E-state index in [0.717, 1.165) is 21.8 Å². The molecule has 0 aliphatic carbocycles. The van der Waals surface area contributed by atoms with E-state index in [-0.39, 0.29) is 62.2 Å². The number of hydrogen-bond donors (Lipinski definition) is 0. The third-order valence-corrected chi connectivity index (χ3v) is 6.02. The molecule has 365 valence electrons. The predicted octanol–water partition coefficient (Wildman–Crippen LogP) is 0.959. The summed E-state index contributed by atoms with van der Waals surface area (Å²) in [4.78, 5) is 68.2. The average Bonchev–Trinajstić information content (AvgIpc) is 3.04. The van der Waals surface area contributed by atoms with Crippen molar-refractivity contribution in [1.82, 2.24) is 9.97 Å². The topological polar surface area (TPSA) is 352 Å². The molecule has 3 N–H and O–H groups in total. The number of carbonyl (C=O) groups excluding carboxylic acids is 6. The van der Waals surface area contributed by atoms with Gasteiger partial charge >= 0.3 is 51.2 Å². The van der Waals surface area contributed by atoms with Crippen molar-refractivity contribution in [3.63, 3.8) is 0 Å². The van der Waals surface area contributed by atoms with Crippen LogP contribution in [0.1, 0.15) is 132 Å². The quantitative estimate of drug-likeness (QED) is 0.172. The molecule has 2 heterocycles. The first-order valence-electron chi connectivity index (χ1n) is 18.2. The molecular formula is C44H68Fe2MnN3O14+. The van der Waals surface area contributed by atoms with Gasteiger partial charge in [0.2, 0.25) is 0 Å². The van der Waals surface area contributed by atoms with Gasteiger partial charge in [-0.05, 0) is 12.1 Å². The van der Waals surface area contributed by atoms with E-state index >= 15 is 0 Å². The molecule has 0 atom stereocenters. The second-order valence-corrected chi connectivity index (χ2v) is 18.7. The van der Waals surface area contributed by atoms with Crippen molar-refractivity contribution in [3.05, 3.63) is 48.8 Å². The number of aliphatic carboxylic acids is 6. The summed E-state index contributed by atoms with van der Waals surface area (Å²) in [5, 5.41) is 69.1. The molecule has 17 nitrogen and oxygen atoms in total. The minimum absolute atomic E-state index is 0. The minimum Gasteiger partial charge on any atom is -2.00 e. The van der Waals surface area contributed by atoms with Crippen LogP contribution < -0.4 is 30.6 Å². The minimum atomic E-state index is -1.01.